The molecule has 0 saturated heterocycles. The van der Waals surface area contributed by atoms with E-state index >= 15 is 0 Å². The van der Waals surface area contributed by atoms with Crippen molar-refractivity contribution in [1.82, 2.24) is 4.98 Å². The van der Waals surface area contributed by atoms with Crippen molar-refractivity contribution in [3.63, 3.8) is 0 Å². The average Bonchev–Trinajstić information content (AvgIpc) is 3.03. The second-order valence-electron chi connectivity index (χ2n) is 4.35. The van der Waals surface area contributed by atoms with Gasteiger partial charge in [-0.1, -0.05) is 0 Å². The fourth-order valence-electron chi connectivity index (χ4n) is 1.82. The van der Waals surface area contributed by atoms with Gasteiger partial charge in [-0.2, -0.15) is 0 Å². The molecule has 0 saturated carbocycles. The largest absolute Gasteiger partial charge is 0.295 e. The van der Waals surface area contributed by atoms with Crippen molar-refractivity contribution in [2.24, 2.45) is 0 Å². The fraction of sp³-hybridized carbons (Fsp3) is 0.0769. The monoisotopic (exact) mass is 357 g/mol. The van der Waals surface area contributed by atoms with E-state index in [1.54, 1.807) is 23.6 Å². The first-order valence-electron chi connectivity index (χ1n) is 5.80. The number of hydrogen-bond acceptors (Lipinski definition) is 6. The molecule has 108 valence electrons. The Labute approximate surface area is 133 Å². The quantitative estimate of drug-likeness (QED) is 0.521. The van der Waals surface area contributed by atoms with Crippen LogP contribution in [0.25, 0.3) is 20.8 Å². The van der Waals surface area contributed by atoms with Gasteiger partial charge in [0, 0.05) is 27.2 Å². The first kappa shape index (κ1) is 14.6. The molecule has 1 aromatic carbocycles. The van der Waals surface area contributed by atoms with E-state index in [2.05, 4.69) is 4.98 Å². The number of thiazole rings is 1. The van der Waals surface area contributed by atoms with Gasteiger partial charge in [-0.3, -0.25) is 4.79 Å². The number of carbonyl (C=O) groups is 1. The average molecular weight is 358 g/mol. The van der Waals surface area contributed by atoms with E-state index in [0.717, 1.165) is 21.6 Å². The van der Waals surface area contributed by atoms with Crippen molar-refractivity contribution in [2.75, 3.05) is 0 Å². The van der Waals surface area contributed by atoms with Crippen molar-refractivity contribution in [3.8, 4) is 10.6 Å². The van der Waals surface area contributed by atoms with Gasteiger partial charge in [0.15, 0.2) is 5.78 Å². The van der Waals surface area contributed by atoms with Crippen LogP contribution in [0.4, 0.5) is 0 Å². The highest BCUT2D eigenvalue weighted by Crippen LogP contribution is 2.35. The van der Waals surface area contributed by atoms with Crippen LogP contribution in [-0.2, 0) is 9.05 Å². The minimum absolute atomic E-state index is 0.00194. The molecule has 21 heavy (non-hydrogen) atoms. The molecule has 0 aliphatic rings. The summed E-state index contributed by atoms with van der Waals surface area (Å²) in [5, 5.41) is 2.41. The molecule has 0 N–H and O–H groups in total. The zero-order valence-corrected chi connectivity index (χ0v) is 13.9. The van der Waals surface area contributed by atoms with Crippen LogP contribution < -0.4 is 0 Å². The molecule has 0 radical (unpaired) electrons. The topological polar surface area (TPSA) is 64.1 Å². The third-order valence-electron chi connectivity index (χ3n) is 2.86. The summed E-state index contributed by atoms with van der Waals surface area (Å²) in [7, 11) is 1.61. The Morgan fingerprint density at radius 2 is 2.05 bits per heavy atom. The standard InChI is InChI=1S/C13H8ClNO3S3/c1-7(16)8-2-3-10-11(4-8)20-13(15-10)9-5-12(19-6-9)21(14,17)18/h2-6H,1H3. The van der Waals surface area contributed by atoms with Gasteiger partial charge in [-0.25, -0.2) is 13.4 Å². The van der Waals surface area contributed by atoms with Crippen LogP contribution in [0.1, 0.15) is 17.3 Å². The SMILES string of the molecule is CC(=O)c1ccc2nc(-c3csc(S(=O)(=O)Cl)c3)sc2c1. The molecule has 0 aliphatic heterocycles. The third kappa shape index (κ3) is 2.87. The summed E-state index contributed by atoms with van der Waals surface area (Å²) >= 11 is 2.47. The Bertz CT molecular complexity index is 956. The highest BCUT2D eigenvalue weighted by Gasteiger charge is 2.16. The highest BCUT2D eigenvalue weighted by atomic mass is 35.7. The van der Waals surface area contributed by atoms with Crippen molar-refractivity contribution in [2.45, 2.75) is 11.1 Å². The lowest BCUT2D eigenvalue weighted by molar-refractivity contribution is 0.101. The number of aromatic nitrogens is 1. The van der Waals surface area contributed by atoms with Gasteiger partial charge in [-0.15, -0.1) is 22.7 Å². The number of ketones is 1. The number of halogens is 1. The van der Waals surface area contributed by atoms with Gasteiger partial charge in [0.25, 0.3) is 9.05 Å². The van der Waals surface area contributed by atoms with Crippen LogP contribution in [0.15, 0.2) is 33.9 Å². The molecule has 0 fully saturated rings. The molecule has 8 heteroatoms. The first-order chi connectivity index (χ1) is 9.84. The molecule has 2 heterocycles. The Morgan fingerprint density at radius 1 is 1.29 bits per heavy atom. The van der Waals surface area contributed by atoms with Crippen LogP contribution in [0.2, 0.25) is 0 Å². The van der Waals surface area contributed by atoms with Gasteiger partial charge in [-0.05, 0) is 31.2 Å². The maximum Gasteiger partial charge on any atom is 0.270 e. The van der Waals surface area contributed by atoms with Gasteiger partial charge in [0.2, 0.25) is 0 Å². The lowest BCUT2D eigenvalue weighted by atomic mass is 10.1. The fourth-order valence-corrected chi connectivity index (χ4v) is 4.84. The van der Waals surface area contributed by atoms with Gasteiger partial charge in [0.05, 0.1) is 10.2 Å². The van der Waals surface area contributed by atoms with Crippen molar-refractivity contribution in [1.29, 1.82) is 0 Å². The summed E-state index contributed by atoms with van der Waals surface area (Å²) in [6, 6.07) is 6.83. The molecule has 3 rings (SSSR count). The lowest BCUT2D eigenvalue weighted by Gasteiger charge is -1.93. The molecule has 0 atom stereocenters. The number of fused-ring (bicyclic) bond motifs is 1. The minimum Gasteiger partial charge on any atom is -0.295 e. The maximum absolute atomic E-state index is 11.4. The second-order valence-corrected chi connectivity index (χ2v) is 9.08. The molecular weight excluding hydrogens is 350 g/mol. The van der Waals surface area contributed by atoms with E-state index in [1.807, 2.05) is 0 Å². The summed E-state index contributed by atoms with van der Waals surface area (Å²) in [6.07, 6.45) is 0. The van der Waals surface area contributed by atoms with Gasteiger partial charge in [0.1, 0.15) is 9.22 Å². The Morgan fingerprint density at radius 3 is 2.67 bits per heavy atom. The number of Topliss-reactive ketones (excluding diaryl/α,β-unsaturated/α-hetero) is 1. The molecule has 0 amide bonds. The second kappa shape index (κ2) is 5.17. The Hall–Kier alpha value is -1.28. The van der Waals surface area contributed by atoms with Crippen LogP contribution in [0.5, 0.6) is 0 Å². The number of thiophene rings is 1. The van der Waals surface area contributed by atoms with Crippen LogP contribution in [0.3, 0.4) is 0 Å². The van der Waals surface area contributed by atoms with E-state index in [-0.39, 0.29) is 9.99 Å². The smallest absolute Gasteiger partial charge is 0.270 e. The van der Waals surface area contributed by atoms with Crippen molar-refractivity contribution in [3.05, 3.63) is 35.2 Å². The number of benzene rings is 1. The summed E-state index contributed by atoms with van der Waals surface area (Å²) in [6.45, 7) is 1.51. The number of hydrogen-bond donors (Lipinski definition) is 0. The van der Waals surface area contributed by atoms with Gasteiger partial charge >= 0.3 is 0 Å². The molecule has 0 spiro atoms. The van der Waals surface area contributed by atoms with Gasteiger partial charge < -0.3 is 0 Å². The maximum atomic E-state index is 11.4. The summed E-state index contributed by atoms with van der Waals surface area (Å²) in [5.41, 5.74) is 2.12. The predicted octanol–water partition coefficient (Wildman–Crippen LogP) is 4.15. The molecule has 0 aliphatic carbocycles. The molecule has 2 aromatic heterocycles. The van der Waals surface area contributed by atoms with Crippen molar-refractivity contribution < 1.29 is 13.2 Å². The zero-order chi connectivity index (χ0) is 15.2. The Kier molecular flexibility index (Phi) is 3.61. The Balaban J connectivity index is 2.09. The van der Waals surface area contributed by atoms with Crippen LogP contribution >= 0.6 is 33.4 Å². The molecule has 4 nitrogen and oxygen atoms in total. The van der Waals surface area contributed by atoms with E-state index in [9.17, 15) is 13.2 Å². The predicted molar refractivity (Wildman–Crippen MR) is 86.0 cm³/mol. The molecule has 0 unspecified atom stereocenters. The van der Waals surface area contributed by atoms with Crippen LogP contribution in [0, 0.1) is 0 Å². The van der Waals surface area contributed by atoms with E-state index in [1.165, 1.54) is 24.3 Å². The summed E-state index contributed by atoms with van der Waals surface area (Å²) in [5.74, 6) is -0.00194. The number of carbonyl (C=O) groups excluding carboxylic acids is 1. The first-order valence-corrected chi connectivity index (χ1v) is 9.80. The summed E-state index contributed by atoms with van der Waals surface area (Å²) < 4.78 is 23.6. The van der Waals surface area contributed by atoms with E-state index < -0.39 is 9.05 Å². The molecular formula is C13H8ClNO3S3. The normalized spacial score (nSPS) is 11.9. The molecule has 0 bridgehead atoms. The number of nitrogens with zero attached hydrogens (tertiary/aromatic N) is 1. The number of rotatable bonds is 3. The minimum atomic E-state index is -3.72. The highest BCUT2D eigenvalue weighted by molar-refractivity contribution is 8.15. The lowest BCUT2D eigenvalue weighted by Crippen LogP contribution is -1.89. The van der Waals surface area contributed by atoms with E-state index in [4.69, 9.17) is 10.7 Å². The third-order valence-corrected chi connectivity index (χ3v) is 6.97. The molecule has 3 aromatic rings. The summed E-state index contributed by atoms with van der Waals surface area (Å²) in [4.78, 5) is 15.8. The zero-order valence-electron chi connectivity index (χ0n) is 10.7. The van der Waals surface area contributed by atoms with Crippen LogP contribution in [-0.4, -0.2) is 19.2 Å². The van der Waals surface area contributed by atoms with Crippen molar-refractivity contribution >= 4 is 58.4 Å². The van der Waals surface area contributed by atoms with E-state index in [0.29, 0.717) is 16.1 Å².